The first-order chi connectivity index (χ1) is 15.7. The highest BCUT2D eigenvalue weighted by atomic mass is 35.5. The van der Waals surface area contributed by atoms with Crippen LogP contribution in [0.5, 0.6) is 0 Å². The summed E-state index contributed by atoms with van der Waals surface area (Å²) in [6.07, 6.45) is 12.1. The summed E-state index contributed by atoms with van der Waals surface area (Å²) < 4.78 is 9.09. The number of rotatable bonds is 0. The molecule has 1 saturated heterocycles. The third kappa shape index (κ3) is 4.12. The Balaban J connectivity index is 1.82. The SMILES string of the molecule is C[C@@H]1C(=O)O[C@@H](C)/C=C/C=C\[C@@H](C)[C@@H]2C=C[C@]3(C)C[C@]4(C)O[C@@H]4[C@@H](C)[C@H]3[C@@H]2C(=O)C(Cl)(Cl)C1=O. The summed E-state index contributed by atoms with van der Waals surface area (Å²) in [6.45, 7) is 11.5. The number of halogens is 2. The molecule has 186 valence electrons. The number of ketones is 2. The summed E-state index contributed by atoms with van der Waals surface area (Å²) in [7, 11) is 0. The van der Waals surface area contributed by atoms with Crippen LogP contribution in [-0.4, -0.2) is 39.7 Å². The number of alkyl halides is 2. The molecule has 0 N–H and O–H groups in total. The predicted octanol–water partition coefficient (Wildman–Crippen LogP) is 5.25. The lowest BCUT2D eigenvalue weighted by molar-refractivity contribution is -0.154. The molecular formula is C27H34Cl2O5. The first kappa shape index (κ1) is 25.7. The smallest absolute Gasteiger partial charge is 0.316 e. The molecule has 2 fully saturated rings. The van der Waals surface area contributed by atoms with Crippen molar-refractivity contribution in [1.29, 1.82) is 0 Å². The van der Waals surface area contributed by atoms with Crippen molar-refractivity contribution in [1.82, 2.24) is 0 Å². The minimum Gasteiger partial charge on any atom is -0.458 e. The largest absolute Gasteiger partial charge is 0.458 e. The van der Waals surface area contributed by atoms with E-state index in [1.54, 1.807) is 13.0 Å². The fourth-order valence-corrected chi connectivity index (χ4v) is 7.36. The number of Topliss-reactive ketones (excluding diaryl/α,β-unsaturated/α-hetero) is 2. The Bertz CT molecular complexity index is 984. The van der Waals surface area contributed by atoms with Crippen molar-refractivity contribution < 1.29 is 23.9 Å². The van der Waals surface area contributed by atoms with Crippen molar-refractivity contribution in [2.45, 2.75) is 70.1 Å². The molecule has 34 heavy (non-hydrogen) atoms. The fraction of sp³-hybridized carbons (Fsp3) is 0.667. The van der Waals surface area contributed by atoms with E-state index in [0.29, 0.717) is 0 Å². The van der Waals surface area contributed by atoms with Gasteiger partial charge in [0.15, 0.2) is 11.6 Å². The van der Waals surface area contributed by atoms with Gasteiger partial charge in [0, 0.05) is 5.92 Å². The van der Waals surface area contributed by atoms with E-state index in [9.17, 15) is 14.4 Å². The number of hydrogen-bond acceptors (Lipinski definition) is 5. The van der Waals surface area contributed by atoms with Crippen molar-refractivity contribution in [3.05, 3.63) is 36.5 Å². The van der Waals surface area contributed by atoms with Gasteiger partial charge in [-0.2, -0.15) is 0 Å². The monoisotopic (exact) mass is 508 g/mol. The van der Waals surface area contributed by atoms with Crippen LogP contribution in [-0.2, 0) is 23.9 Å². The summed E-state index contributed by atoms with van der Waals surface area (Å²) in [5.74, 6) is -4.26. The highest BCUT2D eigenvalue weighted by Crippen LogP contribution is 2.64. The van der Waals surface area contributed by atoms with Crippen LogP contribution in [0.25, 0.3) is 0 Å². The number of cyclic esters (lactones) is 1. The molecule has 0 aromatic carbocycles. The number of fused-ring (bicyclic) bond motifs is 4. The standard InChI is InChI=1S/C27H34Cl2O5/c1-14-9-7-8-10-15(2)33-24(32)17(4)21(30)27(28,29)22(31)19-18(14)11-12-25(5)13-26(6)23(34-26)16(3)20(19)25/h7-12,14-20,23H,13H2,1-6H3/b9-7-,10-8+/t14-,15+,16+,17+,18+,19-,20+,23-,25-,26+/m1/s1. The van der Waals surface area contributed by atoms with E-state index >= 15 is 0 Å². The van der Waals surface area contributed by atoms with Crippen molar-refractivity contribution >= 4 is 40.7 Å². The molecule has 0 bridgehead atoms. The van der Waals surface area contributed by atoms with Gasteiger partial charge in [0.05, 0.1) is 11.7 Å². The van der Waals surface area contributed by atoms with Gasteiger partial charge >= 0.3 is 5.97 Å². The maximum Gasteiger partial charge on any atom is 0.316 e. The highest BCUT2D eigenvalue weighted by Gasteiger charge is 2.69. The molecule has 5 nitrogen and oxygen atoms in total. The van der Waals surface area contributed by atoms with Crippen molar-refractivity contribution in [2.24, 2.45) is 40.9 Å². The molecule has 0 aromatic heterocycles. The molecule has 0 radical (unpaired) electrons. The van der Waals surface area contributed by atoms with Gasteiger partial charge < -0.3 is 9.47 Å². The van der Waals surface area contributed by atoms with E-state index in [4.69, 9.17) is 32.7 Å². The molecule has 0 unspecified atom stereocenters. The topological polar surface area (TPSA) is 73.0 Å². The normalized spacial score (nSPS) is 50.2. The van der Waals surface area contributed by atoms with Gasteiger partial charge in [-0.15, -0.1) is 0 Å². The van der Waals surface area contributed by atoms with Crippen molar-refractivity contribution in [2.75, 3.05) is 0 Å². The lowest BCUT2D eigenvalue weighted by atomic mass is 9.50. The summed E-state index contributed by atoms with van der Waals surface area (Å²) >= 11 is 13.2. The van der Waals surface area contributed by atoms with Gasteiger partial charge in [-0.3, -0.25) is 14.4 Å². The number of esters is 1. The average Bonchev–Trinajstić information content (AvgIpc) is 3.44. The number of allylic oxidation sites excluding steroid dienone is 5. The molecule has 7 heteroatoms. The molecule has 0 spiro atoms. The molecule has 0 aromatic rings. The molecule has 0 amide bonds. The second-order valence-electron chi connectivity index (χ2n) is 11.2. The maximum absolute atomic E-state index is 14.1. The van der Waals surface area contributed by atoms with Crippen LogP contribution in [0.15, 0.2) is 36.5 Å². The summed E-state index contributed by atoms with van der Waals surface area (Å²) in [6, 6.07) is 0. The Morgan fingerprint density at radius 3 is 2.26 bits per heavy atom. The van der Waals surface area contributed by atoms with Gasteiger partial charge in [0.1, 0.15) is 12.0 Å². The van der Waals surface area contributed by atoms with Crippen molar-refractivity contribution in [3.63, 3.8) is 0 Å². The quantitative estimate of drug-likeness (QED) is 0.147. The van der Waals surface area contributed by atoms with Crippen LogP contribution in [0, 0.1) is 40.9 Å². The maximum atomic E-state index is 14.1. The minimum absolute atomic E-state index is 0.0162. The minimum atomic E-state index is -2.36. The first-order valence-corrected chi connectivity index (χ1v) is 12.9. The number of carbonyl (C=O) groups is 3. The summed E-state index contributed by atoms with van der Waals surface area (Å²) in [5.41, 5.74) is -0.508. The zero-order valence-corrected chi connectivity index (χ0v) is 22.1. The van der Waals surface area contributed by atoms with Gasteiger partial charge in [0.2, 0.25) is 4.33 Å². The van der Waals surface area contributed by atoms with Crippen LogP contribution >= 0.6 is 23.2 Å². The van der Waals surface area contributed by atoms with Crippen LogP contribution in [0.1, 0.15) is 48.0 Å². The van der Waals surface area contributed by atoms with E-state index in [1.165, 1.54) is 6.92 Å². The highest BCUT2D eigenvalue weighted by molar-refractivity contribution is 6.68. The van der Waals surface area contributed by atoms with Gasteiger partial charge in [-0.05, 0) is 62.4 Å². The number of hydrogen-bond donors (Lipinski definition) is 0. The van der Waals surface area contributed by atoms with Crippen LogP contribution in [0.2, 0.25) is 0 Å². The second-order valence-corrected chi connectivity index (χ2v) is 12.5. The molecule has 2 aliphatic carbocycles. The van der Waals surface area contributed by atoms with Gasteiger partial charge in [-0.25, -0.2) is 0 Å². The second kappa shape index (κ2) is 8.60. The lowest BCUT2D eigenvalue weighted by Crippen LogP contribution is -2.56. The molecule has 4 rings (SSSR count). The Labute approximate surface area is 211 Å². The molecule has 2 aliphatic heterocycles. The summed E-state index contributed by atoms with van der Waals surface area (Å²) in [4.78, 5) is 40.0. The Hall–Kier alpha value is -1.43. The fourth-order valence-electron chi connectivity index (χ4n) is 6.78. The molecule has 1 saturated carbocycles. The third-order valence-corrected chi connectivity index (χ3v) is 9.21. The Morgan fingerprint density at radius 2 is 1.59 bits per heavy atom. The molecule has 4 aliphatic rings. The van der Waals surface area contributed by atoms with E-state index < -0.39 is 39.8 Å². The summed E-state index contributed by atoms with van der Waals surface area (Å²) in [5, 5.41) is 0. The van der Waals surface area contributed by atoms with Crippen molar-refractivity contribution in [3.8, 4) is 0 Å². The zero-order valence-electron chi connectivity index (χ0n) is 20.6. The Kier molecular flexibility index (Phi) is 6.49. The average molecular weight is 509 g/mol. The molecule has 10 atom stereocenters. The third-order valence-electron chi connectivity index (χ3n) is 8.46. The van der Waals surface area contributed by atoms with E-state index in [1.807, 2.05) is 18.2 Å². The molecular weight excluding hydrogens is 475 g/mol. The van der Waals surface area contributed by atoms with Crippen LogP contribution < -0.4 is 0 Å². The predicted molar refractivity (Wildman–Crippen MR) is 131 cm³/mol. The molecule has 2 heterocycles. The van der Waals surface area contributed by atoms with Crippen LogP contribution in [0.4, 0.5) is 0 Å². The van der Waals surface area contributed by atoms with E-state index in [0.717, 1.165) is 6.42 Å². The van der Waals surface area contributed by atoms with E-state index in [-0.39, 0.29) is 40.8 Å². The van der Waals surface area contributed by atoms with Gasteiger partial charge in [-0.1, -0.05) is 74.4 Å². The number of carbonyl (C=O) groups excluding carboxylic acids is 3. The van der Waals surface area contributed by atoms with E-state index in [2.05, 4.69) is 39.8 Å². The lowest BCUT2D eigenvalue weighted by Gasteiger charge is -2.52. The number of ether oxygens (including phenoxy) is 2. The Morgan fingerprint density at radius 1 is 0.941 bits per heavy atom. The van der Waals surface area contributed by atoms with Gasteiger partial charge in [0.25, 0.3) is 0 Å². The first-order valence-electron chi connectivity index (χ1n) is 12.1. The zero-order chi connectivity index (χ0) is 25.2. The van der Waals surface area contributed by atoms with Crippen LogP contribution in [0.3, 0.4) is 0 Å². The number of epoxide rings is 1.